The van der Waals surface area contributed by atoms with Gasteiger partial charge in [0.05, 0.1) is 30.0 Å². The highest BCUT2D eigenvalue weighted by molar-refractivity contribution is 6.22. The summed E-state index contributed by atoms with van der Waals surface area (Å²) in [7, 11) is 3.29. The molecule has 0 amide bonds. The van der Waals surface area contributed by atoms with Crippen molar-refractivity contribution in [2.75, 3.05) is 14.2 Å². The molecule has 1 aromatic rings. The van der Waals surface area contributed by atoms with Gasteiger partial charge in [0.2, 0.25) is 0 Å². The van der Waals surface area contributed by atoms with E-state index in [2.05, 4.69) is 0 Å². The first-order valence-corrected chi connectivity index (χ1v) is 7.39. The van der Waals surface area contributed by atoms with Crippen molar-refractivity contribution in [1.82, 2.24) is 0 Å². The molecule has 0 bridgehead atoms. The average molecular weight is 304 g/mol. The van der Waals surface area contributed by atoms with Crippen LogP contribution in [0.15, 0.2) is 30.5 Å². The van der Waals surface area contributed by atoms with Crippen molar-refractivity contribution in [3.8, 4) is 5.75 Å². The van der Waals surface area contributed by atoms with Crippen LogP contribution in [0.25, 0.3) is 5.57 Å². The molecule has 2 aliphatic rings. The molecule has 4 atom stereocenters. The Hall–Kier alpha value is -1.85. The van der Waals surface area contributed by atoms with Gasteiger partial charge < -0.3 is 19.3 Å². The molecule has 3 rings (SSSR count). The number of phenolic OH excluding ortho intramolecular Hbond substituents is 1. The first-order valence-electron chi connectivity index (χ1n) is 7.39. The highest BCUT2D eigenvalue weighted by atomic mass is 16.5. The zero-order valence-corrected chi connectivity index (χ0v) is 12.7. The first kappa shape index (κ1) is 15.1. The lowest BCUT2D eigenvalue weighted by molar-refractivity contribution is -0.140. The molecule has 4 unspecified atom stereocenters. The summed E-state index contributed by atoms with van der Waals surface area (Å²) in [6, 6.07) is 6.57. The maximum Gasteiger partial charge on any atom is 0.173 e. The highest BCUT2D eigenvalue weighted by Gasteiger charge is 2.44. The van der Waals surface area contributed by atoms with E-state index in [9.17, 15) is 9.90 Å². The number of carbonyl (C=O) groups excluding carboxylic acids is 1. The highest BCUT2D eigenvalue weighted by Crippen LogP contribution is 2.38. The van der Waals surface area contributed by atoms with Gasteiger partial charge in [-0.15, -0.1) is 0 Å². The molecule has 1 saturated carbocycles. The number of ether oxygens (including phenoxy) is 3. The number of Topliss-reactive ketones (excluding diaryl/α,β-unsaturated/α-hetero) is 1. The van der Waals surface area contributed by atoms with E-state index in [1.165, 1.54) is 6.26 Å². The number of aromatic hydroxyl groups is 1. The summed E-state index contributed by atoms with van der Waals surface area (Å²) in [6.07, 6.45) is 2.46. The van der Waals surface area contributed by atoms with Gasteiger partial charge in [-0.05, 0) is 24.1 Å². The van der Waals surface area contributed by atoms with Gasteiger partial charge >= 0.3 is 0 Å². The van der Waals surface area contributed by atoms with Crippen LogP contribution in [0.2, 0.25) is 0 Å². The molecular formula is C17H20O5. The monoisotopic (exact) mass is 304 g/mol. The summed E-state index contributed by atoms with van der Waals surface area (Å²) < 4.78 is 16.7. The second kappa shape index (κ2) is 6.10. The summed E-state index contributed by atoms with van der Waals surface area (Å²) in [5.41, 5.74) is 1.30. The number of hydrogen-bond acceptors (Lipinski definition) is 5. The van der Waals surface area contributed by atoms with E-state index in [0.29, 0.717) is 18.4 Å². The average Bonchev–Trinajstić information content (AvgIpc) is 2.55. The minimum atomic E-state index is -0.217. The zero-order valence-electron chi connectivity index (χ0n) is 12.7. The van der Waals surface area contributed by atoms with E-state index < -0.39 is 0 Å². The smallest absolute Gasteiger partial charge is 0.173 e. The quantitative estimate of drug-likeness (QED) is 0.927. The largest absolute Gasteiger partial charge is 0.508 e. The number of carbonyl (C=O) groups is 1. The Bertz CT molecular complexity index is 577. The number of methoxy groups -OCH3 is 2. The van der Waals surface area contributed by atoms with Crippen molar-refractivity contribution in [1.29, 1.82) is 0 Å². The molecule has 5 nitrogen and oxygen atoms in total. The van der Waals surface area contributed by atoms with Crippen molar-refractivity contribution >= 4 is 11.4 Å². The third-order valence-corrected chi connectivity index (χ3v) is 4.56. The Morgan fingerprint density at radius 3 is 2.36 bits per heavy atom. The molecule has 118 valence electrons. The minimum Gasteiger partial charge on any atom is -0.508 e. The molecule has 1 aliphatic heterocycles. The first-order chi connectivity index (χ1) is 10.6. The molecule has 0 saturated heterocycles. The van der Waals surface area contributed by atoms with Crippen LogP contribution in [0.1, 0.15) is 18.4 Å². The van der Waals surface area contributed by atoms with Crippen molar-refractivity contribution < 1.29 is 24.1 Å². The third kappa shape index (κ3) is 2.62. The number of hydrogen-bond donors (Lipinski definition) is 1. The molecular weight excluding hydrogens is 284 g/mol. The van der Waals surface area contributed by atoms with E-state index in [-0.39, 0.29) is 35.8 Å². The number of benzene rings is 1. The molecule has 1 fully saturated rings. The summed E-state index contributed by atoms with van der Waals surface area (Å²) in [5, 5.41) is 9.37. The van der Waals surface area contributed by atoms with Gasteiger partial charge in [0.15, 0.2) is 5.78 Å². The van der Waals surface area contributed by atoms with Gasteiger partial charge in [-0.3, -0.25) is 4.79 Å². The maximum absolute atomic E-state index is 12.8. The van der Waals surface area contributed by atoms with Crippen LogP contribution < -0.4 is 0 Å². The van der Waals surface area contributed by atoms with Crippen LogP contribution in [0.4, 0.5) is 0 Å². The van der Waals surface area contributed by atoms with E-state index in [1.807, 2.05) is 0 Å². The zero-order chi connectivity index (χ0) is 15.7. The van der Waals surface area contributed by atoms with E-state index in [0.717, 1.165) is 5.56 Å². The number of ketones is 1. The van der Waals surface area contributed by atoms with Crippen molar-refractivity contribution in [2.45, 2.75) is 31.2 Å². The second-order valence-electron chi connectivity index (χ2n) is 5.74. The predicted octanol–water partition coefficient (Wildman–Crippen LogP) is 2.14. The van der Waals surface area contributed by atoms with Crippen LogP contribution in [0, 0.1) is 5.92 Å². The lowest BCUT2D eigenvalue weighted by atomic mass is 9.76. The van der Waals surface area contributed by atoms with Crippen LogP contribution >= 0.6 is 0 Å². The number of allylic oxidation sites excluding steroid dienone is 1. The Morgan fingerprint density at radius 1 is 1.09 bits per heavy atom. The third-order valence-electron chi connectivity index (χ3n) is 4.56. The Balaban J connectivity index is 1.85. The molecule has 22 heavy (non-hydrogen) atoms. The molecule has 0 spiro atoms. The molecule has 1 N–H and O–H groups in total. The lowest BCUT2D eigenvalue weighted by Crippen LogP contribution is -2.48. The minimum absolute atomic E-state index is 0.0531. The van der Waals surface area contributed by atoms with Crippen LogP contribution in [-0.4, -0.2) is 43.4 Å². The Kier molecular flexibility index (Phi) is 4.18. The molecule has 0 aromatic heterocycles. The van der Waals surface area contributed by atoms with Crippen LogP contribution in [0.3, 0.4) is 0 Å². The lowest BCUT2D eigenvalue weighted by Gasteiger charge is -2.40. The fraction of sp³-hybridized carbons (Fsp3) is 0.471. The summed E-state index contributed by atoms with van der Waals surface area (Å²) >= 11 is 0. The fourth-order valence-electron chi connectivity index (χ4n) is 3.29. The van der Waals surface area contributed by atoms with Gasteiger partial charge in [-0.25, -0.2) is 0 Å². The van der Waals surface area contributed by atoms with E-state index in [1.54, 1.807) is 38.5 Å². The predicted molar refractivity (Wildman–Crippen MR) is 80.3 cm³/mol. The number of fused-ring (bicyclic) bond motifs is 1. The fourth-order valence-corrected chi connectivity index (χ4v) is 3.29. The van der Waals surface area contributed by atoms with Crippen molar-refractivity contribution in [2.24, 2.45) is 5.92 Å². The molecule has 1 aliphatic carbocycles. The molecule has 0 radical (unpaired) electrons. The molecule has 1 aromatic carbocycles. The van der Waals surface area contributed by atoms with Gasteiger partial charge in [-0.2, -0.15) is 0 Å². The van der Waals surface area contributed by atoms with Crippen molar-refractivity contribution in [3.05, 3.63) is 36.1 Å². The summed E-state index contributed by atoms with van der Waals surface area (Å²) in [4.78, 5) is 12.8. The molecule has 5 heteroatoms. The van der Waals surface area contributed by atoms with Gasteiger partial charge in [-0.1, -0.05) is 12.1 Å². The van der Waals surface area contributed by atoms with E-state index >= 15 is 0 Å². The summed E-state index contributed by atoms with van der Waals surface area (Å²) in [5.74, 6) is 0.0233. The number of rotatable bonds is 3. The summed E-state index contributed by atoms with van der Waals surface area (Å²) in [6.45, 7) is 0. The standard InChI is InChI=1S/C17H20O5/c1-20-15-7-12-14(8-16(15)21-2)22-9-13(17(12)19)10-3-5-11(18)6-4-10/h3-6,9,12,14-16,18H,7-8H2,1-2H3. The van der Waals surface area contributed by atoms with Crippen molar-refractivity contribution in [3.63, 3.8) is 0 Å². The SMILES string of the molecule is COC1CC2OC=C(c3ccc(O)cc3)C(=O)C2CC1OC. The second-order valence-corrected chi connectivity index (χ2v) is 5.74. The van der Waals surface area contributed by atoms with Gasteiger partial charge in [0, 0.05) is 20.6 Å². The van der Waals surface area contributed by atoms with Gasteiger partial charge in [0.25, 0.3) is 0 Å². The van der Waals surface area contributed by atoms with E-state index in [4.69, 9.17) is 14.2 Å². The molecule has 1 heterocycles. The van der Waals surface area contributed by atoms with Crippen LogP contribution in [-0.2, 0) is 19.0 Å². The topological polar surface area (TPSA) is 65.0 Å². The number of phenols is 1. The van der Waals surface area contributed by atoms with Gasteiger partial charge in [0.1, 0.15) is 11.9 Å². The maximum atomic E-state index is 12.8. The van der Waals surface area contributed by atoms with Crippen LogP contribution in [0.5, 0.6) is 5.75 Å². The Labute approximate surface area is 129 Å². The Morgan fingerprint density at radius 2 is 1.73 bits per heavy atom. The normalized spacial score (nSPS) is 31.2.